The Bertz CT molecular complexity index is 1400. The molecule has 208 valence electrons. The van der Waals surface area contributed by atoms with E-state index < -0.39 is 51.6 Å². The highest BCUT2D eigenvalue weighted by molar-refractivity contribution is 8.01. The van der Waals surface area contributed by atoms with Crippen molar-refractivity contribution < 1.29 is 33.4 Å². The number of para-hydroxylation sites is 1. The number of hydrogen-bond acceptors (Lipinski definition) is 9. The van der Waals surface area contributed by atoms with E-state index in [1.807, 2.05) is 44.2 Å². The van der Waals surface area contributed by atoms with Crippen LogP contribution >= 0.6 is 23.1 Å². The Morgan fingerprint density at radius 2 is 1.70 bits per heavy atom. The molecule has 4 atom stereocenters. The monoisotopic (exact) mass is 580 g/mol. The predicted octanol–water partition coefficient (Wildman–Crippen LogP) is 3.70. The van der Waals surface area contributed by atoms with Crippen LogP contribution in [0, 0.1) is 0 Å². The molecule has 0 bridgehead atoms. The number of ether oxygens (including phenoxy) is 3. The molecule has 3 heterocycles. The van der Waals surface area contributed by atoms with E-state index in [0.717, 1.165) is 5.56 Å². The van der Waals surface area contributed by atoms with E-state index >= 15 is 0 Å². The SMILES string of the molecule is CO[C@@]1(NC(=O)C(C(=O)Oc2ccccc2)c2ccsc2)C(=O)N2[C@@H](C(=O)OCc3ccccc3)C(C)(C)S[C@@H]21. The van der Waals surface area contributed by atoms with Crippen molar-refractivity contribution in [3.05, 3.63) is 88.6 Å². The average Bonchev–Trinajstić information content (AvgIpc) is 3.56. The smallest absolute Gasteiger partial charge is 0.330 e. The normalized spacial score (nSPS) is 23.5. The summed E-state index contributed by atoms with van der Waals surface area (Å²) in [6, 6.07) is 18.4. The van der Waals surface area contributed by atoms with Gasteiger partial charge < -0.3 is 24.4 Å². The number of thioether (sulfide) groups is 1. The highest BCUT2D eigenvalue weighted by Crippen LogP contribution is 2.55. The van der Waals surface area contributed by atoms with Gasteiger partial charge in [0.05, 0.1) is 0 Å². The minimum atomic E-state index is -1.77. The van der Waals surface area contributed by atoms with E-state index in [9.17, 15) is 19.2 Å². The van der Waals surface area contributed by atoms with E-state index in [1.165, 1.54) is 35.1 Å². The molecule has 40 heavy (non-hydrogen) atoms. The van der Waals surface area contributed by atoms with Crippen molar-refractivity contribution in [3.8, 4) is 5.75 Å². The molecule has 2 saturated heterocycles. The second kappa shape index (κ2) is 11.1. The van der Waals surface area contributed by atoms with Gasteiger partial charge in [-0.2, -0.15) is 11.3 Å². The first-order chi connectivity index (χ1) is 19.2. The van der Waals surface area contributed by atoms with E-state index in [-0.39, 0.29) is 12.4 Å². The summed E-state index contributed by atoms with van der Waals surface area (Å²) in [5, 5.41) is 5.40. The third-order valence-electron chi connectivity index (χ3n) is 6.92. The summed E-state index contributed by atoms with van der Waals surface area (Å²) in [6.45, 7) is 3.75. The molecule has 2 amide bonds. The minimum Gasteiger partial charge on any atom is -0.459 e. The van der Waals surface area contributed by atoms with Crippen molar-refractivity contribution in [1.82, 2.24) is 10.2 Å². The molecule has 0 spiro atoms. The Morgan fingerprint density at radius 1 is 1.02 bits per heavy atom. The van der Waals surface area contributed by atoms with Crippen LogP contribution in [0.15, 0.2) is 77.5 Å². The lowest BCUT2D eigenvalue weighted by molar-refractivity contribution is -0.202. The maximum atomic E-state index is 13.7. The molecule has 0 saturated carbocycles. The number of benzene rings is 2. The minimum absolute atomic E-state index is 0.0711. The van der Waals surface area contributed by atoms with Crippen LogP contribution in [0.3, 0.4) is 0 Å². The number of amides is 2. The summed E-state index contributed by atoms with van der Waals surface area (Å²) >= 11 is 2.65. The number of fused-ring (bicyclic) bond motifs is 1. The molecule has 3 aromatic rings. The van der Waals surface area contributed by atoms with E-state index in [1.54, 1.807) is 47.2 Å². The van der Waals surface area contributed by atoms with Crippen LogP contribution in [-0.4, -0.2) is 57.7 Å². The Morgan fingerprint density at radius 3 is 2.33 bits per heavy atom. The summed E-state index contributed by atoms with van der Waals surface area (Å²) in [5.41, 5.74) is -0.513. The van der Waals surface area contributed by atoms with Gasteiger partial charge in [-0.1, -0.05) is 48.5 Å². The second-order valence-electron chi connectivity index (χ2n) is 9.93. The first-order valence-corrected chi connectivity index (χ1v) is 14.4. The fourth-order valence-electron chi connectivity index (χ4n) is 4.93. The molecule has 2 fully saturated rings. The van der Waals surface area contributed by atoms with Crippen LogP contribution in [0.2, 0.25) is 0 Å². The third kappa shape index (κ3) is 5.00. The van der Waals surface area contributed by atoms with Gasteiger partial charge in [-0.25, -0.2) is 4.79 Å². The predicted molar refractivity (Wildman–Crippen MR) is 149 cm³/mol. The molecule has 11 heteroatoms. The summed E-state index contributed by atoms with van der Waals surface area (Å²) in [4.78, 5) is 55.1. The zero-order chi connectivity index (χ0) is 28.5. The van der Waals surface area contributed by atoms with Gasteiger partial charge in [0.2, 0.25) is 5.91 Å². The largest absolute Gasteiger partial charge is 0.459 e. The number of rotatable bonds is 9. The van der Waals surface area contributed by atoms with Gasteiger partial charge in [0, 0.05) is 11.9 Å². The van der Waals surface area contributed by atoms with Gasteiger partial charge in [-0.3, -0.25) is 14.4 Å². The Labute approximate surface area is 239 Å². The van der Waals surface area contributed by atoms with Crippen LogP contribution < -0.4 is 10.1 Å². The quantitative estimate of drug-likeness (QED) is 0.134. The summed E-state index contributed by atoms with van der Waals surface area (Å²) in [6.07, 6.45) is 0. The highest BCUT2D eigenvalue weighted by Gasteiger charge is 2.73. The van der Waals surface area contributed by atoms with Gasteiger partial charge >= 0.3 is 11.9 Å². The zero-order valence-electron chi connectivity index (χ0n) is 22.1. The molecule has 1 aromatic heterocycles. The molecule has 0 radical (unpaired) electrons. The maximum absolute atomic E-state index is 13.7. The van der Waals surface area contributed by atoms with Crippen molar-refractivity contribution in [3.63, 3.8) is 0 Å². The van der Waals surface area contributed by atoms with Crippen LogP contribution in [0.5, 0.6) is 5.75 Å². The lowest BCUT2D eigenvalue weighted by Gasteiger charge is -2.51. The molecular weight excluding hydrogens is 552 g/mol. The number of carbonyl (C=O) groups is 4. The van der Waals surface area contributed by atoms with Crippen LogP contribution in [0.4, 0.5) is 0 Å². The molecule has 2 aliphatic heterocycles. The Hall–Kier alpha value is -3.67. The molecule has 1 N–H and O–H groups in total. The zero-order valence-corrected chi connectivity index (χ0v) is 23.7. The number of hydrogen-bond donors (Lipinski definition) is 1. The third-order valence-corrected chi connectivity index (χ3v) is 9.23. The lowest BCUT2D eigenvalue weighted by atomic mass is 9.92. The molecule has 2 aliphatic rings. The van der Waals surface area contributed by atoms with Crippen LogP contribution in [0.1, 0.15) is 30.9 Å². The summed E-state index contributed by atoms with van der Waals surface area (Å²) in [7, 11) is 1.31. The van der Waals surface area contributed by atoms with Gasteiger partial charge in [-0.05, 0) is 53.9 Å². The molecular formula is C29H28N2O7S2. The maximum Gasteiger partial charge on any atom is 0.330 e. The van der Waals surface area contributed by atoms with Crippen molar-refractivity contribution in [2.45, 2.75) is 48.3 Å². The van der Waals surface area contributed by atoms with Crippen molar-refractivity contribution in [2.24, 2.45) is 0 Å². The van der Waals surface area contributed by atoms with Gasteiger partial charge in [-0.15, -0.1) is 11.8 Å². The van der Waals surface area contributed by atoms with Crippen molar-refractivity contribution in [1.29, 1.82) is 0 Å². The first-order valence-electron chi connectivity index (χ1n) is 12.5. The number of nitrogens with one attached hydrogen (secondary N) is 1. The van der Waals surface area contributed by atoms with Crippen molar-refractivity contribution >= 4 is 46.9 Å². The number of methoxy groups -OCH3 is 1. The topological polar surface area (TPSA) is 111 Å². The molecule has 1 unspecified atom stereocenters. The number of β-lactam (4-membered cyclic amide) rings is 1. The summed E-state index contributed by atoms with van der Waals surface area (Å²) < 4.78 is 16.0. The van der Waals surface area contributed by atoms with Crippen molar-refractivity contribution in [2.75, 3.05) is 7.11 Å². The molecule has 0 aliphatic carbocycles. The van der Waals surface area contributed by atoms with E-state index in [2.05, 4.69) is 5.32 Å². The average molecular weight is 581 g/mol. The van der Waals surface area contributed by atoms with E-state index in [4.69, 9.17) is 14.2 Å². The van der Waals surface area contributed by atoms with Gasteiger partial charge in [0.25, 0.3) is 11.6 Å². The fourth-order valence-corrected chi connectivity index (χ4v) is 7.28. The number of esters is 2. The number of nitrogens with zero attached hydrogens (tertiary/aromatic N) is 1. The number of thiophene rings is 1. The van der Waals surface area contributed by atoms with Crippen LogP contribution in [0.25, 0.3) is 0 Å². The lowest BCUT2D eigenvalue weighted by Crippen LogP contribution is -2.80. The second-order valence-corrected chi connectivity index (χ2v) is 12.4. The van der Waals surface area contributed by atoms with Crippen LogP contribution in [-0.2, 0) is 35.3 Å². The summed E-state index contributed by atoms with van der Waals surface area (Å²) in [5.74, 6) is -3.73. The standard InChI is InChI=1S/C29H28N2O7S2/c1-28(2)22(25(34)37-16-18-10-6-4-7-11-18)31-26(35)29(36-3,27(31)40-28)30-23(32)21(19-14-15-39-17-19)24(33)38-20-12-8-5-9-13-20/h4-15,17,21-22,27H,16H2,1-3H3,(H,30,32)/t21?,22-,27+,29-/m0/s1. The molecule has 2 aromatic carbocycles. The van der Waals surface area contributed by atoms with Gasteiger partial charge in [0.1, 0.15) is 23.8 Å². The number of carbonyl (C=O) groups excluding carboxylic acids is 4. The fraction of sp³-hybridized carbons (Fsp3) is 0.310. The molecule has 9 nitrogen and oxygen atoms in total. The first kappa shape index (κ1) is 27.9. The van der Waals surface area contributed by atoms with Gasteiger partial charge in [0.15, 0.2) is 5.92 Å². The molecule has 5 rings (SSSR count). The van der Waals surface area contributed by atoms with E-state index in [0.29, 0.717) is 5.56 Å². The Balaban J connectivity index is 1.35. The highest BCUT2D eigenvalue weighted by atomic mass is 32.2. The Kier molecular flexibility index (Phi) is 7.72.